The standard InChI is InChI=1S/C33H52O20/c34-25-49-12-4-11-32(44)53-20-16-48-24-33(21-45-13-17-50-29(41)8-1-5-26(35)36,22-46-14-18-51-30(42)9-2-6-27(37)38)23-47-15-19-52-31(43)10-3-7-28(39)40/h25H,1-24H2,(H,35,36)(H,37,38)(H,39,40). The molecule has 0 rings (SSSR count). The lowest BCUT2D eigenvalue weighted by atomic mass is 9.92. The van der Waals surface area contributed by atoms with Gasteiger partial charge in [-0.3, -0.25) is 38.4 Å². The molecule has 3 N–H and O–H groups in total. The number of carboxylic acids is 3. The van der Waals surface area contributed by atoms with Crippen LogP contribution in [0.5, 0.6) is 0 Å². The average molecular weight is 769 g/mol. The highest BCUT2D eigenvalue weighted by atomic mass is 16.6. The first kappa shape index (κ1) is 48.6. The fraction of sp³-hybridized carbons (Fsp3) is 0.758. The SMILES string of the molecule is O=COCCCC(=O)OCCOCC(COCCOC(=O)CCCC(=O)O)(COCCOC(=O)CCCC(=O)O)COCCOC(=O)CCCC(=O)O. The van der Waals surface area contributed by atoms with Crippen LogP contribution in [-0.2, 0) is 81.0 Å². The molecule has 0 aliphatic heterocycles. The summed E-state index contributed by atoms with van der Waals surface area (Å²) in [5.41, 5.74) is -1.07. The van der Waals surface area contributed by atoms with Crippen molar-refractivity contribution in [3.8, 4) is 0 Å². The molecule has 304 valence electrons. The first-order valence-corrected chi connectivity index (χ1v) is 17.0. The molecule has 0 fully saturated rings. The third kappa shape index (κ3) is 32.0. The second-order valence-corrected chi connectivity index (χ2v) is 11.4. The largest absolute Gasteiger partial charge is 0.481 e. The molecule has 0 aliphatic rings. The predicted octanol–water partition coefficient (Wildman–Crippen LogP) is 0.930. The molecule has 0 aromatic rings. The molecule has 53 heavy (non-hydrogen) atoms. The minimum absolute atomic E-state index is 0.0195. The molecule has 0 amide bonds. The lowest BCUT2D eigenvalue weighted by Crippen LogP contribution is -2.43. The number of carbonyl (C=O) groups is 8. The molecule has 20 heteroatoms. The number of hydrogen-bond acceptors (Lipinski definition) is 17. The van der Waals surface area contributed by atoms with Gasteiger partial charge in [0.2, 0.25) is 0 Å². The van der Waals surface area contributed by atoms with E-state index in [4.69, 9.17) is 53.2 Å². The van der Waals surface area contributed by atoms with Gasteiger partial charge in [0.15, 0.2) is 0 Å². The summed E-state index contributed by atoms with van der Waals surface area (Å²) in [4.78, 5) is 89.8. The van der Waals surface area contributed by atoms with Crippen LogP contribution in [0.15, 0.2) is 0 Å². The van der Waals surface area contributed by atoms with Gasteiger partial charge in [-0.1, -0.05) is 0 Å². The van der Waals surface area contributed by atoms with E-state index in [0.29, 0.717) is 0 Å². The third-order valence-electron chi connectivity index (χ3n) is 6.62. The van der Waals surface area contributed by atoms with Crippen molar-refractivity contribution in [1.29, 1.82) is 0 Å². The number of aliphatic carboxylic acids is 3. The minimum atomic E-state index is -1.07. The predicted molar refractivity (Wildman–Crippen MR) is 175 cm³/mol. The van der Waals surface area contributed by atoms with Crippen LogP contribution in [0.25, 0.3) is 0 Å². The Morgan fingerprint density at radius 2 is 0.679 bits per heavy atom. The Morgan fingerprint density at radius 1 is 0.396 bits per heavy atom. The number of ether oxygens (including phenoxy) is 9. The van der Waals surface area contributed by atoms with Crippen molar-refractivity contribution in [3.63, 3.8) is 0 Å². The van der Waals surface area contributed by atoms with E-state index in [1.807, 2.05) is 0 Å². The number of carboxylic acid groups (broad SMARTS) is 3. The number of hydrogen-bond donors (Lipinski definition) is 3. The number of esters is 4. The quantitative estimate of drug-likeness (QED) is 0.0343. The highest BCUT2D eigenvalue weighted by Crippen LogP contribution is 2.21. The van der Waals surface area contributed by atoms with Gasteiger partial charge in [-0.25, -0.2) is 0 Å². The zero-order valence-corrected chi connectivity index (χ0v) is 29.8. The molecule has 0 saturated carbocycles. The second kappa shape index (κ2) is 32.3. The molecular formula is C33H52O20. The Hall–Kier alpha value is -4.40. The highest BCUT2D eigenvalue weighted by molar-refractivity contribution is 5.72. The normalized spacial score (nSPS) is 10.9. The fourth-order valence-corrected chi connectivity index (χ4v) is 4.05. The van der Waals surface area contributed by atoms with Crippen molar-refractivity contribution in [1.82, 2.24) is 0 Å². The maximum absolute atomic E-state index is 11.9. The van der Waals surface area contributed by atoms with E-state index in [1.54, 1.807) is 0 Å². The Labute approximate surface area is 306 Å². The smallest absolute Gasteiger partial charge is 0.305 e. The number of carbonyl (C=O) groups excluding carboxylic acids is 5. The van der Waals surface area contributed by atoms with Crippen molar-refractivity contribution in [2.75, 3.05) is 85.9 Å². The average Bonchev–Trinajstić information content (AvgIpc) is 3.09. The zero-order valence-electron chi connectivity index (χ0n) is 29.8. The van der Waals surface area contributed by atoms with Crippen LogP contribution in [0.2, 0.25) is 0 Å². The van der Waals surface area contributed by atoms with Gasteiger partial charge in [0.25, 0.3) is 6.47 Å². The zero-order chi connectivity index (χ0) is 39.6. The van der Waals surface area contributed by atoms with Crippen molar-refractivity contribution in [2.45, 2.75) is 70.6 Å². The van der Waals surface area contributed by atoms with E-state index in [0.717, 1.165) is 0 Å². The molecular weight excluding hydrogens is 716 g/mol. The van der Waals surface area contributed by atoms with Gasteiger partial charge in [-0.2, -0.15) is 0 Å². The fourth-order valence-electron chi connectivity index (χ4n) is 4.05. The van der Waals surface area contributed by atoms with Gasteiger partial charge >= 0.3 is 41.8 Å². The summed E-state index contributed by atoms with van der Waals surface area (Å²) in [6.45, 7) is -0.830. The topological polar surface area (TPSA) is 280 Å². The Bertz CT molecular complexity index is 990. The van der Waals surface area contributed by atoms with Crippen molar-refractivity contribution >= 4 is 48.3 Å². The molecule has 0 saturated heterocycles. The Balaban J connectivity index is 5.33. The van der Waals surface area contributed by atoms with Gasteiger partial charge in [0.1, 0.15) is 26.4 Å². The van der Waals surface area contributed by atoms with Crippen LogP contribution >= 0.6 is 0 Å². The maximum Gasteiger partial charge on any atom is 0.305 e. The van der Waals surface area contributed by atoms with Gasteiger partial charge < -0.3 is 58.0 Å². The van der Waals surface area contributed by atoms with E-state index < -0.39 is 47.2 Å². The molecule has 0 heterocycles. The molecule has 0 aromatic heterocycles. The van der Waals surface area contributed by atoms with Gasteiger partial charge in [0.05, 0.1) is 64.9 Å². The van der Waals surface area contributed by atoms with Crippen LogP contribution in [-0.4, -0.2) is 149 Å². The molecule has 0 radical (unpaired) electrons. The molecule has 0 aliphatic carbocycles. The van der Waals surface area contributed by atoms with Crippen LogP contribution < -0.4 is 0 Å². The molecule has 0 atom stereocenters. The highest BCUT2D eigenvalue weighted by Gasteiger charge is 2.33. The Kier molecular flexibility index (Phi) is 29.6. The first-order chi connectivity index (χ1) is 25.4. The summed E-state index contributed by atoms with van der Waals surface area (Å²) in [6, 6.07) is 0. The summed E-state index contributed by atoms with van der Waals surface area (Å²) in [7, 11) is 0. The van der Waals surface area contributed by atoms with Gasteiger partial charge in [-0.05, 0) is 25.7 Å². The van der Waals surface area contributed by atoms with E-state index in [9.17, 15) is 38.4 Å². The summed E-state index contributed by atoms with van der Waals surface area (Å²) < 4.78 is 48.0. The van der Waals surface area contributed by atoms with Crippen molar-refractivity contribution in [3.05, 3.63) is 0 Å². The van der Waals surface area contributed by atoms with Crippen molar-refractivity contribution < 1.29 is 96.3 Å². The second-order valence-electron chi connectivity index (χ2n) is 11.4. The lowest BCUT2D eigenvalue weighted by Gasteiger charge is -2.33. The lowest BCUT2D eigenvalue weighted by molar-refractivity contribution is -0.151. The van der Waals surface area contributed by atoms with Gasteiger partial charge in [-0.15, -0.1) is 0 Å². The third-order valence-corrected chi connectivity index (χ3v) is 6.62. The van der Waals surface area contributed by atoms with Crippen LogP contribution in [0, 0.1) is 5.41 Å². The maximum atomic E-state index is 11.9. The van der Waals surface area contributed by atoms with E-state index in [-0.39, 0.29) is 163 Å². The molecule has 0 bridgehead atoms. The van der Waals surface area contributed by atoms with Gasteiger partial charge in [0, 0.05) is 44.9 Å². The minimum Gasteiger partial charge on any atom is -0.481 e. The molecule has 0 spiro atoms. The summed E-state index contributed by atoms with van der Waals surface area (Å²) in [6.07, 6.45) is -0.167. The van der Waals surface area contributed by atoms with Crippen LogP contribution in [0.4, 0.5) is 0 Å². The summed E-state index contributed by atoms with van der Waals surface area (Å²) in [5.74, 6) is -5.44. The monoisotopic (exact) mass is 768 g/mol. The van der Waals surface area contributed by atoms with E-state index in [2.05, 4.69) is 4.74 Å². The van der Waals surface area contributed by atoms with E-state index in [1.165, 1.54) is 0 Å². The summed E-state index contributed by atoms with van der Waals surface area (Å²) >= 11 is 0. The van der Waals surface area contributed by atoms with Crippen molar-refractivity contribution in [2.24, 2.45) is 5.41 Å². The first-order valence-electron chi connectivity index (χ1n) is 17.0. The number of rotatable bonds is 37. The Morgan fingerprint density at radius 3 is 0.943 bits per heavy atom. The summed E-state index contributed by atoms with van der Waals surface area (Å²) in [5, 5.41) is 26.2. The van der Waals surface area contributed by atoms with Crippen LogP contribution in [0.1, 0.15) is 70.6 Å². The molecule has 0 unspecified atom stereocenters. The molecule has 20 nitrogen and oxygen atoms in total. The van der Waals surface area contributed by atoms with Crippen LogP contribution in [0.3, 0.4) is 0 Å². The molecule has 0 aromatic carbocycles. The van der Waals surface area contributed by atoms with E-state index >= 15 is 0 Å².